The lowest BCUT2D eigenvalue weighted by Gasteiger charge is -2.32. The summed E-state index contributed by atoms with van der Waals surface area (Å²) in [6.07, 6.45) is 0. The highest BCUT2D eigenvalue weighted by Crippen LogP contribution is 2.29. The van der Waals surface area contributed by atoms with Gasteiger partial charge in [0, 0.05) is 19.1 Å². The molecular formula is C12H23N3O3. The predicted octanol–water partition coefficient (Wildman–Crippen LogP) is -0.665. The SMILES string of the molecule is CCNC(=O)CN(CC)C(=O)C1(C)COCC1N. The second-order valence-electron chi connectivity index (χ2n) is 4.81. The van der Waals surface area contributed by atoms with E-state index in [4.69, 9.17) is 10.5 Å². The number of nitrogens with zero attached hydrogens (tertiary/aromatic N) is 1. The molecule has 2 atom stereocenters. The number of hydrogen-bond acceptors (Lipinski definition) is 4. The van der Waals surface area contributed by atoms with Crippen LogP contribution in [0.3, 0.4) is 0 Å². The lowest BCUT2D eigenvalue weighted by Crippen LogP contribution is -2.53. The molecule has 3 N–H and O–H groups in total. The quantitative estimate of drug-likeness (QED) is 0.684. The summed E-state index contributed by atoms with van der Waals surface area (Å²) < 4.78 is 5.27. The number of ether oxygens (including phenoxy) is 1. The molecule has 1 aliphatic heterocycles. The highest BCUT2D eigenvalue weighted by molar-refractivity contribution is 5.88. The first-order valence-corrected chi connectivity index (χ1v) is 6.35. The molecule has 6 nitrogen and oxygen atoms in total. The van der Waals surface area contributed by atoms with Gasteiger partial charge in [0.05, 0.1) is 25.2 Å². The predicted molar refractivity (Wildman–Crippen MR) is 67.8 cm³/mol. The minimum Gasteiger partial charge on any atom is -0.379 e. The standard InChI is InChI=1S/C12H23N3O3/c1-4-14-10(16)6-15(5-2)11(17)12(3)8-18-7-9(12)13/h9H,4-8,13H2,1-3H3,(H,14,16). The summed E-state index contributed by atoms with van der Waals surface area (Å²) in [4.78, 5) is 25.5. The van der Waals surface area contributed by atoms with Crippen LogP contribution in [0.25, 0.3) is 0 Å². The van der Waals surface area contributed by atoms with Gasteiger partial charge in [0.1, 0.15) is 0 Å². The Morgan fingerprint density at radius 1 is 1.50 bits per heavy atom. The van der Waals surface area contributed by atoms with Crippen LogP contribution in [0.1, 0.15) is 20.8 Å². The smallest absolute Gasteiger partial charge is 0.239 e. The van der Waals surface area contributed by atoms with Gasteiger partial charge < -0.3 is 20.7 Å². The van der Waals surface area contributed by atoms with Crippen molar-refractivity contribution in [2.75, 3.05) is 32.8 Å². The third kappa shape index (κ3) is 3.00. The molecule has 0 aromatic heterocycles. The Morgan fingerprint density at radius 2 is 2.17 bits per heavy atom. The van der Waals surface area contributed by atoms with E-state index in [0.717, 1.165) is 0 Å². The lowest BCUT2D eigenvalue weighted by atomic mass is 9.84. The minimum atomic E-state index is -0.720. The van der Waals surface area contributed by atoms with E-state index in [9.17, 15) is 9.59 Å². The van der Waals surface area contributed by atoms with E-state index in [-0.39, 0.29) is 24.4 Å². The van der Waals surface area contributed by atoms with E-state index in [1.54, 1.807) is 6.92 Å². The van der Waals surface area contributed by atoms with Gasteiger partial charge >= 0.3 is 0 Å². The number of nitrogens with one attached hydrogen (secondary N) is 1. The van der Waals surface area contributed by atoms with Gasteiger partial charge in [-0.25, -0.2) is 0 Å². The van der Waals surface area contributed by atoms with Crippen LogP contribution >= 0.6 is 0 Å². The molecule has 1 saturated heterocycles. The Kier molecular flexibility index (Phi) is 5.10. The van der Waals surface area contributed by atoms with Crippen molar-refractivity contribution >= 4 is 11.8 Å². The molecule has 104 valence electrons. The molecule has 1 aliphatic rings. The number of hydrogen-bond donors (Lipinski definition) is 2. The van der Waals surface area contributed by atoms with Gasteiger partial charge in [-0.05, 0) is 20.8 Å². The topological polar surface area (TPSA) is 84.7 Å². The van der Waals surface area contributed by atoms with Crippen molar-refractivity contribution in [3.05, 3.63) is 0 Å². The number of carbonyl (C=O) groups excluding carboxylic acids is 2. The third-order valence-electron chi connectivity index (χ3n) is 3.38. The van der Waals surface area contributed by atoms with Crippen LogP contribution in [0.4, 0.5) is 0 Å². The molecule has 0 radical (unpaired) electrons. The molecule has 1 heterocycles. The van der Waals surface area contributed by atoms with Crippen LogP contribution in [0, 0.1) is 5.41 Å². The summed E-state index contributed by atoms with van der Waals surface area (Å²) in [6.45, 7) is 7.32. The molecule has 0 bridgehead atoms. The second-order valence-corrected chi connectivity index (χ2v) is 4.81. The highest BCUT2D eigenvalue weighted by atomic mass is 16.5. The second kappa shape index (κ2) is 6.15. The van der Waals surface area contributed by atoms with Crippen molar-refractivity contribution in [3.8, 4) is 0 Å². The average Bonchev–Trinajstić information content (AvgIpc) is 2.67. The van der Waals surface area contributed by atoms with E-state index in [0.29, 0.717) is 26.3 Å². The van der Waals surface area contributed by atoms with Gasteiger partial charge in [0.15, 0.2) is 0 Å². The number of amides is 2. The normalized spacial score (nSPS) is 27.0. The summed E-state index contributed by atoms with van der Waals surface area (Å²) in [5.74, 6) is -0.259. The maximum atomic E-state index is 12.4. The van der Waals surface area contributed by atoms with Crippen molar-refractivity contribution in [1.82, 2.24) is 10.2 Å². The molecule has 0 aromatic carbocycles. The molecule has 2 unspecified atom stereocenters. The Morgan fingerprint density at radius 3 is 2.61 bits per heavy atom. The van der Waals surface area contributed by atoms with Gasteiger partial charge in [0.25, 0.3) is 0 Å². The van der Waals surface area contributed by atoms with Gasteiger partial charge in [-0.1, -0.05) is 0 Å². The summed E-state index contributed by atoms with van der Waals surface area (Å²) in [7, 11) is 0. The first kappa shape index (κ1) is 14.9. The van der Waals surface area contributed by atoms with Gasteiger partial charge in [-0.3, -0.25) is 9.59 Å². The number of rotatable bonds is 5. The molecule has 18 heavy (non-hydrogen) atoms. The van der Waals surface area contributed by atoms with Gasteiger partial charge in [-0.15, -0.1) is 0 Å². The maximum absolute atomic E-state index is 12.4. The lowest BCUT2D eigenvalue weighted by molar-refractivity contribution is -0.144. The van der Waals surface area contributed by atoms with Crippen LogP contribution in [-0.2, 0) is 14.3 Å². The number of likely N-dealkylation sites (N-methyl/N-ethyl adjacent to an activating group) is 2. The maximum Gasteiger partial charge on any atom is 0.239 e. The van der Waals surface area contributed by atoms with Crippen LogP contribution in [0.5, 0.6) is 0 Å². The summed E-state index contributed by atoms with van der Waals surface area (Å²) in [6, 6.07) is -0.312. The molecule has 0 saturated carbocycles. The Labute approximate surface area is 108 Å². The van der Waals surface area contributed by atoms with Crippen molar-refractivity contribution in [3.63, 3.8) is 0 Å². The minimum absolute atomic E-state index is 0.0749. The van der Waals surface area contributed by atoms with E-state index in [1.165, 1.54) is 4.90 Å². The van der Waals surface area contributed by atoms with Crippen molar-refractivity contribution in [1.29, 1.82) is 0 Å². The number of carbonyl (C=O) groups is 2. The monoisotopic (exact) mass is 257 g/mol. The largest absolute Gasteiger partial charge is 0.379 e. The third-order valence-corrected chi connectivity index (χ3v) is 3.38. The first-order valence-electron chi connectivity index (χ1n) is 6.35. The van der Waals surface area contributed by atoms with Crippen LogP contribution in [-0.4, -0.2) is 55.6 Å². The van der Waals surface area contributed by atoms with E-state index >= 15 is 0 Å². The van der Waals surface area contributed by atoms with Gasteiger partial charge in [-0.2, -0.15) is 0 Å². The average molecular weight is 257 g/mol. The molecule has 6 heteroatoms. The molecule has 0 spiro atoms. The summed E-state index contributed by atoms with van der Waals surface area (Å²) in [5.41, 5.74) is 5.20. The Hall–Kier alpha value is -1.14. The highest BCUT2D eigenvalue weighted by Gasteiger charge is 2.46. The van der Waals surface area contributed by atoms with Crippen molar-refractivity contribution < 1.29 is 14.3 Å². The van der Waals surface area contributed by atoms with Crippen LogP contribution in [0.2, 0.25) is 0 Å². The van der Waals surface area contributed by atoms with Crippen LogP contribution in [0.15, 0.2) is 0 Å². The van der Waals surface area contributed by atoms with Crippen LogP contribution < -0.4 is 11.1 Å². The summed E-state index contributed by atoms with van der Waals surface area (Å²) in [5, 5.41) is 2.68. The Bertz CT molecular complexity index is 322. The molecule has 0 aliphatic carbocycles. The molecular weight excluding hydrogens is 234 g/mol. The molecule has 2 amide bonds. The van der Waals surface area contributed by atoms with Crippen molar-refractivity contribution in [2.45, 2.75) is 26.8 Å². The van der Waals surface area contributed by atoms with Gasteiger partial charge in [0.2, 0.25) is 11.8 Å². The van der Waals surface area contributed by atoms with E-state index in [1.807, 2.05) is 13.8 Å². The molecule has 1 fully saturated rings. The van der Waals surface area contributed by atoms with Crippen molar-refractivity contribution in [2.24, 2.45) is 11.1 Å². The van der Waals surface area contributed by atoms with E-state index < -0.39 is 5.41 Å². The van der Waals surface area contributed by atoms with E-state index in [2.05, 4.69) is 5.32 Å². The zero-order chi connectivity index (χ0) is 13.8. The Balaban J connectivity index is 2.70. The zero-order valence-electron chi connectivity index (χ0n) is 11.4. The molecule has 0 aromatic rings. The first-order chi connectivity index (χ1) is 8.45. The fourth-order valence-electron chi connectivity index (χ4n) is 2.02. The molecule has 1 rings (SSSR count). The fraction of sp³-hybridized carbons (Fsp3) is 0.833. The zero-order valence-corrected chi connectivity index (χ0v) is 11.4. The number of nitrogens with two attached hydrogens (primary N) is 1. The fourth-order valence-corrected chi connectivity index (χ4v) is 2.02. The summed E-state index contributed by atoms with van der Waals surface area (Å²) >= 11 is 0.